The van der Waals surface area contributed by atoms with E-state index >= 15 is 0 Å². The number of piperidine rings is 1. The molecule has 70 valence electrons. The highest BCUT2D eigenvalue weighted by Crippen LogP contribution is 2.52. The molecule has 0 bridgehead atoms. The van der Waals surface area contributed by atoms with E-state index in [1.807, 2.05) is 0 Å². The van der Waals surface area contributed by atoms with Crippen molar-refractivity contribution in [1.29, 1.82) is 0 Å². The molecule has 1 N–H and O–H groups in total. The molecule has 12 heavy (non-hydrogen) atoms. The highest BCUT2D eigenvalue weighted by Gasteiger charge is 2.56. The summed E-state index contributed by atoms with van der Waals surface area (Å²) in [6.45, 7) is 9.63. The zero-order valence-electron chi connectivity index (χ0n) is 8.25. The van der Waals surface area contributed by atoms with Crippen molar-refractivity contribution in [3.8, 4) is 0 Å². The van der Waals surface area contributed by atoms with Gasteiger partial charge >= 0.3 is 0 Å². The fourth-order valence-corrected chi connectivity index (χ4v) is 2.47. The van der Waals surface area contributed by atoms with Crippen LogP contribution in [0.25, 0.3) is 0 Å². The first-order chi connectivity index (χ1) is 5.54. The lowest BCUT2D eigenvalue weighted by molar-refractivity contribution is 0.135. The molecule has 2 rings (SSSR count). The van der Waals surface area contributed by atoms with Crippen LogP contribution in [0.2, 0.25) is 0 Å². The third-order valence-electron chi connectivity index (χ3n) is 3.53. The topological polar surface area (TPSA) is 23.5 Å². The molecular formula is C10H19NO. The Labute approximate surface area is 74.6 Å². The molecular weight excluding hydrogens is 150 g/mol. The van der Waals surface area contributed by atoms with Crippen LogP contribution < -0.4 is 0 Å². The Morgan fingerprint density at radius 2 is 1.75 bits per heavy atom. The van der Waals surface area contributed by atoms with Gasteiger partial charge in [-0.1, -0.05) is 0 Å². The van der Waals surface area contributed by atoms with Gasteiger partial charge in [0.15, 0.2) is 0 Å². The Bertz CT molecular complexity index is 173. The Morgan fingerprint density at radius 3 is 2.08 bits per heavy atom. The minimum atomic E-state index is 0.327. The van der Waals surface area contributed by atoms with Crippen LogP contribution in [0, 0.1) is 17.8 Å². The zero-order valence-corrected chi connectivity index (χ0v) is 8.25. The van der Waals surface area contributed by atoms with Crippen LogP contribution in [0.15, 0.2) is 0 Å². The average molecular weight is 169 g/mol. The maximum absolute atomic E-state index is 8.98. The van der Waals surface area contributed by atoms with Crippen LogP contribution in [0.1, 0.15) is 20.8 Å². The van der Waals surface area contributed by atoms with E-state index < -0.39 is 0 Å². The fraction of sp³-hybridized carbons (Fsp3) is 1.00. The van der Waals surface area contributed by atoms with E-state index in [0.717, 1.165) is 11.8 Å². The van der Waals surface area contributed by atoms with Gasteiger partial charge in [-0.15, -0.1) is 0 Å². The molecule has 1 aliphatic heterocycles. The Morgan fingerprint density at radius 1 is 1.25 bits per heavy atom. The van der Waals surface area contributed by atoms with Crippen LogP contribution in [0.3, 0.4) is 0 Å². The maximum atomic E-state index is 8.98. The van der Waals surface area contributed by atoms with Crippen LogP contribution in [0.4, 0.5) is 0 Å². The van der Waals surface area contributed by atoms with Gasteiger partial charge in [0.25, 0.3) is 0 Å². The van der Waals surface area contributed by atoms with Crippen molar-refractivity contribution in [2.45, 2.75) is 26.3 Å². The molecule has 1 saturated carbocycles. The summed E-state index contributed by atoms with van der Waals surface area (Å²) in [4.78, 5) is 2.54. The molecule has 1 heterocycles. The summed E-state index contributed by atoms with van der Waals surface area (Å²) in [5, 5.41) is 8.98. The quantitative estimate of drug-likeness (QED) is 0.632. The average Bonchev–Trinajstić information content (AvgIpc) is 2.39. The second-order valence-electron chi connectivity index (χ2n) is 5.25. The molecule has 1 saturated heterocycles. The number of aliphatic hydroxyl groups excluding tert-OH is 1. The summed E-state index contributed by atoms with van der Waals surface area (Å²) in [5.74, 6) is 2.27. The smallest absolute Gasteiger partial charge is 0.0465 e. The number of hydrogen-bond donors (Lipinski definition) is 1. The molecule has 0 spiro atoms. The molecule has 2 unspecified atom stereocenters. The van der Waals surface area contributed by atoms with Crippen LogP contribution >= 0.6 is 0 Å². The van der Waals surface area contributed by atoms with E-state index in [0.29, 0.717) is 18.1 Å². The van der Waals surface area contributed by atoms with Gasteiger partial charge in [-0.05, 0) is 38.5 Å². The highest BCUT2D eigenvalue weighted by atomic mass is 16.3. The minimum Gasteiger partial charge on any atom is -0.396 e. The Kier molecular flexibility index (Phi) is 1.74. The molecule has 0 radical (unpaired) electrons. The second-order valence-corrected chi connectivity index (χ2v) is 5.25. The first-order valence-electron chi connectivity index (χ1n) is 4.90. The maximum Gasteiger partial charge on any atom is 0.0465 e. The lowest BCUT2D eigenvalue weighted by Gasteiger charge is -2.33. The third kappa shape index (κ3) is 1.17. The van der Waals surface area contributed by atoms with E-state index in [2.05, 4.69) is 25.7 Å². The number of likely N-dealkylation sites (tertiary alicyclic amines) is 1. The molecule has 2 heteroatoms. The van der Waals surface area contributed by atoms with Gasteiger partial charge in [0.1, 0.15) is 0 Å². The number of hydrogen-bond acceptors (Lipinski definition) is 2. The summed E-state index contributed by atoms with van der Waals surface area (Å²) in [6.07, 6.45) is 0. The van der Waals surface area contributed by atoms with Crippen molar-refractivity contribution >= 4 is 0 Å². The van der Waals surface area contributed by atoms with Crippen LogP contribution in [0.5, 0.6) is 0 Å². The molecule has 0 aromatic rings. The van der Waals surface area contributed by atoms with E-state index in [4.69, 9.17) is 5.11 Å². The van der Waals surface area contributed by atoms with E-state index in [9.17, 15) is 0 Å². The molecule has 0 aromatic carbocycles. The van der Waals surface area contributed by atoms with Crippen molar-refractivity contribution in [1.82, 2.24) is 4.90 Å². The van der Waals surface area contributed by atoms with Gasteiger partial charge in [0, 0.05) is 25.2 Å². The molecule has 2 atom stereocenters. The number of rotatable bonds is 1. The molecule has 2 fully saturated rings. The van der Waals surface area contributed by atoms with E-state index in [-0.39, 0.29) is 0 Å². The monoisotopic (exact) mass is 169 g/mol. The summed E-state index contributed by atoms with van der Waals surface area (Å²) in [6, 6.07) is 0. The first kappa shape index (κ1) is 8.52. The molecule has 1 aliphatic carbocycles. The predicted molar refractivity (Wildman–Crippen MR) is 48.9 cm³/mol. The largest absolute Gasteiger partial charge is 0.396 e. The summed E-state index contributed by atoms with van der Waals surface area (Å²) in [7, 11) is 0. The number of aliphatic hydroxyl groups is 1. The number of fused-ring (bicyclic) bond motifs is 1. The van der Waals surface area contributed by atoms with Crippen molar-refractivity contribution in [2.24, 2.45) is 17.8 Å². The van der Waals surface area contributed by atoms with Gasteiger partial charge in [-0.25, -0.2) is 0 Å². The molecule has 0 aromatic heterocycles. The number of nitrogens with zero attached hydrogens (tertiary/aromatic N) is 1. The second kappa shape index (κ2) is 2.46. The Balaban J connectivity index is 1.90. The minimum absolute atomic E-state index is 0.327. The normalized spacial score (nSPS) is 41.5. The lowest BCUT2D eigenvalue weighted by atomic mass is 10.1. The highest BCUT2D eigenvalue weighted by molar-refractivity contribution is 5.06. The summed E-state index contributed by atoms with van der Waals surface area (Å²) in [5.41, 5.74) is 0.327. The molecule has 0 amide bonds. The zero-order chi connectivity index (χ0) is 8.93. The van der Waals surface area contributed by atoms with Crippen molar-refractivity contribution in [2.75, 3.05) is 19.7 Å². The van der Waals surface area contributed by atoms with E-state index in [1.165, 1.54) is 13.1 Å². The standard InChI is InChI=1S/C10H19NO/c1-10(2,3)11-4-7-8(5-11)9(7)6-12/h7-9,12H,4-6H2,1-3H3. The summed E-state index contributed by atoms with van der Waals surface area (Å²) < 4.78 is 0. The van der Waals surface area contributed by atoms with Gasteiger partial charge in [-0.2, -0.15) is 0 Å². The van der Waals surface area contributed by atoms with Gasteiger partial charge in [0.2, 0.25) is 0 Å². The molecule has 2 nitrogen and oxygen atoms in total. The Hall–Kier alpha value is -0.0800. The SMILES string of the molecule is CC(C)(C)N1CC2C(CO)C2C1. The van der Waals surface area contributed by atoms with Crippen molar-refractivity contribution < 1.29 is 5.11 Å². The van der Waals surface area contributed by atoms with Gasteiger partial charge < -0.3 is 5.11 Å². The van der Waals surface area contributed by atoms with Gasteiger partial charge in [0.05, 0.1) is 0 Å². The van der Waals surface area contributed by atoms with Crippen molar-refractivity contribution in [3.63, 3.8) is 0 Å². The van der Waals surface area contributed by atoms with Crippen molar-refractivity contribution in [3.05, 3.63) is 0 Å². The summed E-state index contributed by atoms with van der Waals surface area (Å²) >= 11 is 0. The van der Waals surface area contributed by atoms with Crippen LogP contribution in [-0.2, 0) is 0 Å². The van der Waals surface area contributed by atoms with Crippen LogP contribution in [-0.4, -0.2) is 35.2 Å². The lowest BCUT2D eigenvalue weighted by Crippen LogP contribution is -2.41. The van der Waals surface area contributed by atoms with Gasteiger partial charge in [-0.3, -0.25) is 4.90 Å². The predicted octanol–water partition coefficient (Wildman–Crippen LogP) is 0.955. The van der Waals surface area contributed by atoms with E-state index in [1.54, 1.807) is 0 Å². The molecule has 2 aliphatic rings. The third-order valence-corrected chi connectivity index (χ3v) is 3.53. The fourth-order valence-electron chi connectivity index (χ4n) is 2.47. The first-order valence-corrected chi connectivity index (χ1v) is 4.90.